The lowest BCUT2D eigenvalue weighted by Gasteiger charge is -2.13. The second-order valence-corrected chi connectivity index (χ2v) is 10.4. The number of H-pyrrole nitrogens is 1. The zero-order chi connectivity index (χ0) is 30.9. The number of halogens is 1. The number of aromatic nitrogens is 6. The lowest BCUT2D eigenvalue weighted by molar-refractivity contribution is -0.757. The van der Waals surface area contributed by atoms with Gasteiger partial charge in [0.15, 0.2) is 10.8 Å². The number of aromatic amines is 1. The van der Waals surface area contributed by atoms with Crippen LogP contribution in [0.2, 0.25) is 5.15 Å². The van der Waals surface area contributed by atoms with Gasteiger partial charge in [-0.2, -0.15) is 5.21 Å². The lowest BCUT2D eigenvalue weighted by atomic mass is 9.98. The van der Waals surface area contributed by atoms with Crippen LogP contribution < -0.4 is 4.74 Å². The monoisotopic (exact) mass is 615 g/mol. The average molecular weight is 616 g/mol. The topological polar surface area (TPSA) is 151 Å². The second kappa shape index (κ2) is 14.4. The summed E-state index contributed by atoms with van der Waals surface area (Å²) in [6.07, 6.45) is 3.46. The van der Waals surface area contributed by atoms with E-state index < -0.39 is 11.1 Å². The van der Waals surface area contributed by atoms with Gasteiger partial charge in [-0.05, 0) is 58.9 Å². The summed E-state index contributed by atoms with van der Waals surface area (Å²) in [5, 5.41) is 24.1. The number of tetrazole rings is 1. The fraction of sp³-hybridized carbons (Fsp3) is 0.258. The van der Waals surface area contributed by atoms with Crippen LogP contribution in [0.5, 0.6) is 5.75 Å². The van der Waals surface area contributed by atoms with Gasteiger partial charge in [-0.1, -0.05) is 85.6 Å². The van der Waals surface area contributed by atoms with Crippen LogP contribution in [0.3, 0.4) is 0 Å². The Kier molecular flexibility index (Phi) is 9.92. The Bertz CT molecular complexity index is 1720. The summed E-state index contributed by atoms with van der Waals surface area (Å²) in [5.74, 6) is 0.932. The summed E-state index contributed by atoms with van der Waals surface area (Å²) in [7, 11) is 0. The highest BCUT2D eigenvalue weighted by Gasteiger charge is 2.24. The number of ether oxygens (including phenoxy) is 1. The summed E-state index contributed by atoms with van der Waals surface area (Å²) in [4.78, 5) is 32.8. The van der Waals surface area contributed by atoms with Crippen molar-refractivity contribution in [2.75, 3.05) is 6.61 Å². The van der Waals surface area contributed by atoms with E-state index in [1.807, 2.05) is 59.2 Å². The zero-order valence-electron chi connectivity index (χ0n) is 24.0. The first kappa shape index (κ1) is 30.4. The molecule has 0 radical (unpaired) electrons. The van der Waals surface area contributed by atoms with Crippen molar-refractivity contribution < 1.29 is 19.5 Å². The first-order valence-corrected chi connectivity index (χ1v) is 14.6. The van der Waals surface area contributed by atoms with Crippen molar-refractivity contribution in [3.05, 3.63) is 111 Å². The van der Waals surface area contributed by atoms with Crippen molar-refractivity contribution in [1.82, 2.24) is 30.2 Å². The molecule has 0 fully saturated rings. The number of benzene rings is 3. The van der Waals surface area contributed by atoms with Gasteiger partial charge in [-0.25, -0.2) is 9.78 Å². The lowest BCUT2D eigenvalue weighted by Crippen LogP contribution is -2.17. The number of hydrogen-bond acceptors (Lipinski definition) is 9. The van der Waals surface area contributed by atoms with Crippen LogP contribution in [-0.4, -0.2) is 47.8 Å². The predicted octanol–water partition coefficient (Wildman–Crippen LogP) is 6.13. The van der Waals surface area contributed by atoms with E-state index in [1.165, 1.54) is 0 Å². The highest BCUT2D eigenvalue weighted by Crippen LogP contribution is 2.30. The van der Waals surface area contributed by atoms with Crippen molar-refractivity contribution in [2.45, 2.75) is 45.6 Å². The summed E-state index contributed by atoms with van der Waals surface area (Å²) >= 11 is 6.55. The first-order valence-electron chi connectivity index (χ1n) is 14.2. The van der Waals surface area contributed by atoms with Gasteiger partial charge in [-0.3, -0.25) is 0 Å². The van der Waals surface area contributed by atoms with Crippen molar-refractivity contribution >= 4 is 17.6 Å². The predicted molar refractivity (Wildman–Crippen MR) is 163 cm³/mol. The number of carbonyl (C=O) groups excluding carboxylic acids is 1. The summed E-state index contributed by atoms with van der Waals surface area (Å²) in [6.45, 7) is 2.44. The van der Waals surface area contributed by atoms with E-state index in [4.69, 9.17) is 16.3 Å². The molecule has 0 bridgehead atoms. The fourth-order valence-corrected chi connectivity index (χ4v) is 5.15. The third-order valence-corrected chi connectivity index (χ3v) is 7.25. The maximum atomic E-state index is 13.5. The third kappa shape index (κ3) is 7.45. The standard InChI is InChI=1S/C31H30ClN7O5/c1-2-3-13-27-33-29(32)28(31(40)44-24-10-6-8-21(19-24)9-7-18-43-39(41)42)38(27)20-22-14-16-23(17-15-22)25-11-4-5-12-26(25)30-34-36-37-35-30/h4-6,8,10-12,14-17,19H,2-3,7,9,13,18,20H2,1H3,(H,34,35,36,37). The van der Waals surface area contributed by atoms with Gasteiger partial charge in [0.2, 0.25) is 5.82 Å². The van der Waals surface area contributed by atoms with Crippen molar-refractivity contribution in [3.8, 4) is 28.3 Å². The van der Waals surface area contributed by atoms with E-state index in [9.17, 15) is 14.9 Å². The minimum atomic E-state index is -0.814. The maximum absolute atomic E-state index is 13.5. The number of hydrogen-bond donors (Lipinski definition) is 1. The number of rotatable bonds is 14. The Morgan fingerprint density at radius 2 is 1.80 bits per heavy atom. The highest BCUT2D eigenvalue weighted by atomic mass is 35.5. The molecule has 0 saturated carbocycles. The van der Waals surface area contributed by atoms with Gasteiger partial charge < -0.3 is 14.1 Å². The minimum Gasteiger partial charge on any atom is -0.422 e. The summed E-state index contributed by atoms with van der Waals surface area (Å²) in [6, 6.07) is 22.9. The molecule has 0 amide bonds. The zero-order valence-corrected chi connectivity index (χ0v) is 24.7. The van der Waals surface area contributed by atoms with E-state index in [0.29, 0.717) is 43.2 Å². The van der Waals surface area contributed by atoms with E-state index in [1.54, 1.807) is 18.2 Å². The fourth-order valence-electron chi connectivity index (χ4n) is 4.87. The van der Waals surface area contributed by atoms with Crippen LogP contribution in [0.25, 0.3) is 22.5 Å². The molecule has 2 heterocycles. The number of unbranched alkanes of at least 4 members (excludes halogenated alkanes) is 1. The van der Waals surface area contributed by atoms with Crippen LogP contribution in [0.1, 0.15) is 53.6 Å². The maximum Gasteiger partial charge on any atom is 0.363 e. The summed E-state index contributed by atoms with van der Waals surface area (Å²) < 4.78 is 7.57. The second-order valence-electron chi connectivity index (χ2n) is 10.0. The van der Waals surface area contributed by atoms with E-state index in [0.717, 1.165) is 40.7 Å². The van der Waals surface area contributed by atoms with Crippen LogP contribution >= 0.6 is 11.6 Å². The largest absolute Gasteiger partial charge is 0.422 e. The number of carbonyl (C=O) groups is 1. The molecule has 1 N–H and O–H groups in total. The molecule has 0 aliphatic heterocycles. The number of esters is 1. The molecule has 5 rings (SSSR count). The van der Waals surface area contributed by atoms with Gasteiger partial charge in [0.25, 0.3) is 5.09 Å². The molecular formula is C31H30ClN7O5. The number of imidazole rings is 1. The SMILES string of the molecule is CCCCc1nc(Cl)c(C(=O)Oc2cccc(CCCO[N+](=O)[O-])c2)n1Cc1ccc(-c2ccccc2-c2nn[nH]n2)cc1. The molecular weight excluding hydrogens is 586 g/mol. The summed E-state index contributed by atoms with van der Waals surface area (Å²) in [5.41, 5.74) is 4.78. The molecule has 0 unspecified atom stereocenters. The third-order valence-electron chi connectivity index (χ3n) is 6.99. The quantitative estimate of drug-likeness (QED) is 0.0511. The molecule has 0 spiro atoms. The molecule has 226 valence electrons. The Labute approximate surface area is 258 Å². The van der Waals surface area contributed by atoms with Gasteiger partial charge >= 0.3 is 5.97 Å². The van der Waals surface area contributed by atoms with E-state index in [-0.39, 0.29) is 17.5 Å². The molecule has 0 atom stereocenters. The molecule has 44 heavy (non-hydrogen) atoms. The molecule has 0 aliphatic carbocycles. The molecule has 3 aromatic carbocycles. The molecule has 5 aromatic rings. The van der Waals surface area contributed by atoms with Crippen molar-refractivity contribution in [3.63, 3.8) is 0 Å². The van der Waals surface area contributed by atoms with Gasteiger partial charge in [-0.15, -0.1) is 20.3 Å². The van der Waals surface area contributed by atoms with E-state index >= 15 is 0 Å². The first-order chi connectivity index (χ1) is 21.4. The Morgan fingerprint density at radius 1 is 1.00 bits per heavy atom. The van der Waals surface area contributed by atoms with Crippen molar-refractivity contribution in [1.29, 1.82) is 0 Å². The minimum absolute atomic E-state index is 0.0152. The van der Waals surface area contributed by atoms with Crippen LogP contribution in [0.4, 0.5) is 0 Å². The van der Waals surface area contributed by atoms with Crippen molar-refractivity contribution in [2.24, 2.45) is 0 Å². The van der Waals surface area contributed by atoms with Crippen LogP contribution in [0, 0.1) is 10.1 Å². The van der Waals surface area contributed by atoms with E-state index in [2.05, 4.69) is 37.4 Å². The molecule has 2 aromatic heterocycles. The Hall–Kier alpha value is -5.10. The van der Waals surface area contributed by atoms with Gasteiger partial charge in [0, 0.05) is 18.5 Å². The molecule has 0 aliphatic rings. The number of nitrogens with one attached hydrogen (secondary N) is 1. The van der Waals surface area contributed by atoms with Crippen LogP contribution in [0.15, 0.2) is 72.8 Å². The van der Waals surface area contributed by atoms with Gasteiger partial charge in [0.1, 0.15) is 11.6 Å². The van der Waals surface area contributed by atoms with Crippen LogP contribution in [-0.2, 0) is 24.2 Å². The normalized spacial score (nSPS) is 11.0. The molecule has 12 nitrogen and oxygen atoms in total. The molecule has 13 heteroatoms. The highest BCUT2D eigenvalue weighted by molar-refractivity contribution is 6.32. The molecule has 0 saturated heterocycles. The average Bonchev–Trinajstić information content (AvgIpc) is 3.67. The number of aryl methyl sites for hydroxylation is 2. The number of nitrogens with zero attached hydrogens (tertiary/aromatic N) is 6. The smallest absolute Gasteiger partial charge is 0.363 e. The Balaban J connectivity index is 1.36. The van der Waals surface area contributed by atoms with Gasteiger partial charge in [0.05, 0.1) is 6.61 Å². The Morgan fingerprint density at radius 3 is 2.52 bits per heavy atom.